The van der Waals surface area contributed by atoms with Crippen LogP contribution in [0.5, 0.6) is 0 Å². The lowest BCUT2D eigenvalue weighted by Crippen LogP contribution is -2.24. The summed E-state index contributed by atoms with van der Waals surface area (Å²) < 4.78 is 26.2. The van der Waals surface area contributed by atoms with E-state index in [1.54, 1.807) is 22.8 Å². The van der Waals surface area contributed by atoms with Crippen LogP contribution in [0.1, 0.15) is 28.8 Å². The molecule has 0 aliphatic rings. The maximum absolute atomic E-state index is 13.3. The number of nitrogens with one attached hydrogen (secondary N) is 1. The normalized spacial score (nSPS) is 10.6. The zero-order valence-electron chi connectivity index (χ0n) is 20.2. The summed E-state index contributed by atoms with van der Waals surface area (Å²) in [6.45, 7) is 1.93. The molecular weight excluding hydrogens is 494 g/mol. The number of nitrogen functional groups attached to an aromatic ring is 1. The van der Waals surface area contributed by atoms with Gasteiger partial charge in [-0.05, 0) is 24.3 Å². The number of rotatable bonds is 5. The molecule has 2 heterocycles. The molecule has 0 spiro atoms. The Labute approximate surface area is 213 Å². The number of fused-ring (bicyclic) bond motifs is 1. The van der Waals surface area contributed by atoms with Crippen LogP contribution in [0.4, 0.5) is 5.82 Å². The zero-order valence-corrected chi connectivity index (χ0v) is 21.0. The van der Waals surface area contributed by atoms with Gasteiger partial charge < -0.3 is 11.5 Å². The second kappa shape index (κ2) is 11.9. The molecule has 0 saturated heterocycles. The number of primary amides is 1. The first-order chi connectivity index (χ1) is 17.6. The number of anilines is 1. The van der Waals surface area contributed by atoms with Crippen molar-refractivity contribution in [2.45, 2.75) is 13.3 Å². The van der Waals surface area contributed by atoms with Crippen molar-refractivity contribution in [1.82, 2.24) is 24.2 Å². The molecule has 0 aliphatic carbocycles. The lowest BCUT2D eigenvalue weighted by Gasteiger charge is -2.13. The maximum atomic E-state index is 13.3. The van der Waals surface area contributed by atoms with Crippen molar-refractivity contribution in [1.29, 1.82) is 0 Å². The Hall–Kier alpha value is -4.60. The fraction of sp³-hybridized carbons (Fsp3) is 0.160. The number of aromatic nitrogens is 4. The largest absolute Gasteiger partial charge is 0.382 e. The molecule has 0 fully saturated rings. The van der Waals surface area contributed by atoms with E-state index in [0.717, 1.165) is 11.9 Å². The van der Waals surface area contributed by atoms with Crippen molar-refractivity contribution in [3.63, 3.8) is 0 Å². The molecule has 5 N–H and O–H groups in total. The molecular formula is C25H25N7O4S. The van der Waals surface area contributed by atoms with Crippen LogP contribution in [0.25, 0.3) is 16.6 Å². The maximum Gasteiger partial charge on any atom is 0.271 e. The van der Waals surface area contributed by atoms with E-state index in [1.807, 2.05) is 37.3 Å². The number of hydrogen-bond acceptors (Lipinski definition) is 8. The van der Waals surface area contributed by atoms with E-state index in [1.165, 1.54) is 12.4 Å². The number of carbonyl (C=O) groups is 1. The third kappa shape index (κ3) is 6.97. The van der Waals surface area contributed by atoms with E-state index in [2.05, 4.69) is 31.5 Å². The number of carbonyl (C=O) groups excluding carboxylic acids is 1. The third-order valence-corrected chi connectivity index (χ3v) is 5.57. The van der Waals surface area contributed by atoms with Gasteiger partial charge in [-0.1, -0.05) is 43.0 Å². The number of benzene rings is 2. The number of sulfonamides is 1. The lowest BCUT2D eigenvalue weighted by atomic mass is 10.1. The van der Waals surface area contributed by atoms with Crippen LogP contribution in [-0.4, -0.2) is 46.6 Å². The zero-order chi connectivity index (χ0) is 27.0. The van der Waals surface area contributed by atoms with Gasteiger partial charge in [-0.2, -0.15) is 0 Å². The summed E-state index contributed by atoms with van der Waals surface area (Å²) in [6.07, 6.45) is 4.42. The van der Waals surface area contributed by atoms with Gasteiger partial charge in [0.1, 0.15) is 5.82 Å². The molecule has 0 bridgehead atoms. The van der Waals surface area contributed by atoms with Crippen molar-refractivity contribution in [3.05, 3.63) is 88.4 Å². The van der Waals surface area contributed by atoms with Crippen molar-refractivity contribution in [2.24, 2.45) is 5.73 Å². The monoisotopic (exact) mass is 519 g/mol. The molecule has 2 aromatic heterocycles. The predicted octanol–water partition coefficient (Wildman–Crippen LogP) is 1.01. The number of amides is 1. The highest BCUT2D eigenvalue weighted by molar-refractivity contribution is 7.88. The highest BCUT2D eigenvalue weighted by Crippen LogP contribution is 2.16. The number of nitrogens with two attached hydrogens (primary N) is 2. The van der Waals surface area contributed by atoms with Crippen LogP contribution in [0.15, 0.2) is 65.7 Å². The van der Waals surface area contributed by atoms with E-state index in [4.69, 9.17) is 11.5 Å². The predicted molar refractivity (Wildman–Crippen MR) is 141 cm³/mol. The number of hydrogen-bond donors (Lipinski definition) is 3. The van der Waals surface area contributed by atoms with E-state index in [0.29, 0.717) is 28.7 Å². The van der Waals surface area contributed by atoms with E-state index < -0.39 is 15.9 Å². The van der Waals surface area contributed by atoms with Crippen LogP contribution < -0.4 is 21.7 Å². The summed E-state index contributed by atoms with van der Waals surface area (Å²) in [4.78, 5) is 35.6. The molecule has 12 heteroatoms. The van der Waals surface area contributed by atoms with Gasteiger partial charge in [-0.15, -0.1) is 0 Å². The van der Waals surface area contributed by atoms with Crippen LogP contribution in [0, 0.1) is 11.8 Å². The summed E-state index contributed by atoms with van der Waals surface area (Å²) in [5.41, 5.74) is 11.8. The third-order valence-electron chi connectivity index (χ3n) is 4.90. The fourth-order valence-corrected chi connectivity index (χ4v) is 3.64. The van der Waals surface area contributed by atoms with Gasteiger partial charge in [-0.3, -0.25) is 14.2 Å². The second-order valence-electron chi connectivity index (χ2n) is 7.61. The van der Waals surface area contributed by atoms with E-state index in [-0.39, 0.29) is 23.6 Å². The van der Waals surface area contributed by atoms with Gasteiger partial charge in [0.05, 0.1) is 29.4 Å². The smallest absolute Gasteiger partial charge is 0.271 e. The lowest BCUT2D eigenvalue weighted by molar-refractivity contribution is 0.0996. The molecule has 0 atom stereocenters. The van der Waals surface area contributed by atoms with Crippen molar-refractivity contribution in [2.75, 3.05) is 18.5 Å². The fourth-order valence-electron chi connectivity index (χ4n) is 3.31. The Morgan fingerprint density at radius 1 is 1.08 bits per heavy atom. The standard InChI is InChI=1S/C20H19N3O3S.C5H6N4O/c1-3-18-22-17-13-7-9-15(10-8-14-21-27(2,25)26)19(17)20(24)23(18)16-11-5-4-6-12-16;6-4-3(5(7)10)8-1-2-9-4/h4-7,9,11-13,21H,3,14H2,1-2H3;1-2H,(H2,6,9)(H2,7,10). The molecule has 0 unspecified atom stereocenters. The Bertz CT molecular complexity index is 1660. The highest BCUT2D eigenvalue weighted by Gasteiger charge is 2.13. The summed E-state index contributed by atoms with van der Waals surface area (Å²) in [5.74, 6) is 5.71. The van der Waals surface area contributed by atoms with Gasteiger partial charge in [0.2, 0.25) is 10.0 Å². The molecule has 0 saturated carbocycles. The first-order valence-electron chi connectivity index (χ1n) is 11.0. The van der Waals surface area contributed by atoms with E-state index in [9.17, 15) is 18.0 Å². The van der Waals surface area contributed by atoms with E-state index >= 15 is 0 Å². The summed E-state index contributed by atoms with van der Waals surface area (Å²) in [5, 5.41) is 0.422. The summed E-state index contributed by atoms with van der Waals surface area (Å²) >= 11 is 0. The Balaban J connectivity index is 0.000000319. The van der Waals surface area contributed by atoms with Crippen molar-refractivity contribution in [3.8, 4) is 17.5 Å². The molecule has 4 aromatic rings. The van der Waals surface area contributed by atoms with Crippen LogP contribution in [0.3, 0.4) is 0 Å². The van der Waals surface area contributed by atoms with Crippen molar-refractivity contribution < 1.29 is 13.2 Å². The minimum atomic E-state index is -3.31. The molecule has 0 aliphatic heterocycles. The SMILES string of the molecule is CCc1nc2cccc(C#CCNS(C)(=O)=O)c2c(=O)n1-c1ccccc1.NC(=O)c1nccnc1N. The van der Waals surface area contributed by atoms with Gasteiger partial charge in [-0.25, -0.2) is 28.1 Å². The highest BCUT2D eigenvalue weighted by atomic mass is 32.2. The average molecular weight is 520 g/mol. The summed E-state index contributed by atoms with van der Waals surface area (Å²) in [7, 11) is -3.31. The Morgan fingerprint density at radius 3 is 2.38 bits per heavy atom. The molecule has 0 radical (unpaired) electrons. The minimum Gasteiger partial charge on any atom is -0.382 e. The van der Waals surface area contributed by atoms with Crippen LogP contribution in [-0.2, 0) is 16.4 Å². The Morgan fingerprint density at radius 2 is 1.78 bits per heavy atom. The second-order valence-corrected chi connectivity index (χ2v) is 9.44. The molecule has 2 aromatic carbocycles. The number of aryl methyl sites for hydroxylation is 1. The average Bonchev–Trinajstić information content (AvgIpc) is 2.87. The first kappa shape index (κ1) is 27.0. The molecule has 190 valence electrons. The van der Waals surface area contributed by atoms with Crippen LogP contribution >= 0.6 is 0 Å². The quantitative estimate of drug-likeness (QED) is 0.327. The van der Waals surface area contributed by atoms with Gasteiger partial charge >= 0.3 is 0 Å². The van der Waals surface area contributed by atoms with Crippen LogP contribution in [0.2, 0.25) is 0 Å². The topological polar surface area (TPSA) is 176 Å². The molecule has 11 nitrogen and oxygen atoms in total. The first-order valence-corrected chi connectivity index (χ1v) is 12.9. The van der Waals surface area contributed by atoms with Gasteiger partial charge in [0.25, 0.3) is 11.5 Å². The molecule has 37 heavy (non-hydrogen) atoms. The van der Waals surface area contributed by atoms with Gasteiger partial charge in [0.15, 0.2) is 11.5 Å². The Kier molecular flexibility index (Phi) is 8.68. The van der Waals surface area contributed by atoms with Crippen molar-refractivity contribution >= 4 is 32.7 Å². The molecule has 4 rings (SSSR count). The minimum absolute atomic E-state index is 0.0162. The molecule has 1 amide bonds. The van der Waals surface area contributed by atoms with Gasteiger partial charge in [0, 0.05) is 24.4 Å². The summed E-state index contributed by atoms with van der Waals surface area (Å²) in [6, 6.07) is 14.7. The number of nitrogens with zero attached hydrogens (tertiary/aromatic N) is 4. The number of para-hydroxylation sites is 1.